The van der Waals surface area contributed by atoms with Gasteiger partial charge >= 0.3 is 12.5 Å². The fraction of sp³-hybridized carbons (Fsp3) is 0.231. The molecule has 0 fully saturated rings. The molecule has 0 saturated heterocycles. The molecule has 2 aromatic rings. The molecule has 0 aliphatic rings. The number of rotatable bonds is 4. The van der Waals surface area contributed by atoms with Gasteiger partial charge in [-0.1, -0.05) is 11.8 Å². The van der Waals surface area contributed by atoms with E-state index in [1.165, 1.54) is 6.26 Å². The fourth-order valence-corrected chi connectivity index (χ4v) is 4.59. The van der Waals surface area contributed by atoms with Crippen LogP contribution >= 0.6 is 55.0 Å². The lowest BCUT2D eigenvalue weighted by Crippen LogP contribution is -2.18. The number of carbonyl (C=O) groups excluding carboxylic acids is 1. The Bertz CT molecular complexity index is 846. The van der Waals surface area contributed by atoms with Crippen LogP contribution in [0.25, 0.3) is 0 Å². The Hall–Kier alpha value is -0.990. The van der Waals surface area contributed by atoms with Crippen LogP contribution in [0.3, 0.4) is 0 Å². The van der Waals surface area contributed by atoms with Crippen molar-refractivity contribution in [2.24, 2.45) is 0 Å². The van der Waals surface area contributed by atoms with Gasteiger partial charge in [0, 0.05) is 8.95 Å². The van der Waals surface area contributed by atoms with E-state index in [4.69, 9.17) is 0 Å². The van der Waals surface area contributed by atoms with E-state index in [9.17, 15) is 31.1 Å². The van der Waals surface area contributed by atoms with E-state index >= 15 is 0 Å². The van der Waals surface area contributed by atoms with Gasteiger partial charge in [0.05, 0.1) is 5.69 Å². The minimum Gasteiger partial charge on any atom is -0.406 e. The lowest BCUT2D eigenvalue weighted by molar-refractivity contribution is -0.274. The summed E-state index contributed by atoms with van der Waals surface area (Å²) in [5.74, 6) is -1.69. The second-order valence-corrected chi connectivity index (χ2v) is 8.38. The molecule has 1 heterocycles. The van der Waals surface area contributed by atoms with E-state index in [1.807, 2.05) is 0 Å². The number of halogens is 8. The fourth-order valence-electron chi connectivity index (χ4n) is 1.77. The maximum Gasteiger partial charge on any atom is 0.573 e. The molecular formula is C13H6Br2F6N2O2S2. The maximum atomic E-state index is 13.1. The molecule has 0 radical (unpaired) electrons. The van der Waals surface area contributed by atoms with Crippen molar-refractivity contribution in [1.82, 2.24) is 4.98 Å². The molecule has 0 aliphatic carbocycles. The molecule has 0 atom stereocenters. The van der Waals surface area contributed by atoms with Crippen LogP contribution in [0.1, 0.15) is 15.4 Å². The maximum absolute atomic E-state index is 13.1. The number of ether oxygens (including phenoxy) is 1. The van der Waals surface area contributed by atoms with Crippen LogP contribution < -0.4 is 10.1 Å². The Kier molecular flexibility index (Phi) is 6.75. The minimum absolute atomic E-state index is 0.0346. The predicted molar refractivity (Wildman–Crippen MR) is 95.4 cm³/mol. The summed E-state index contributed by atoms with van der Waals surface area (Å²) in [4.78, 5) is 15.0. The molecule has 2 rings (SSSR count). The van der Waals surface area contributed by atoms with Crippen molar-refractivity contribution in [3.8, 4) is 5.75 Å². The molecule has 148 valence electrons. The zero-order chi connectivity index (χ0) is 20.6. The summed E-state index contributed by atoms with van der Waals surface area (Å²) in [7, 11) is 0. The average molecular weight is 560 g/mol. The molecule has 1 aromatic carbocycles. The molecule has 0 aliphatic heterocycles. The zero-order valence-electron chi connectivity index (χ0n) is 12.8. The number of thioether (sulfide) groups is 1. The number of anilines is 1. The average Bonchev–Trinajstić information content (AvgIpc) is 2.93. The Balaban J connectivity index is 2.35. The van der Waals surface area contributed by atoms with E-state index in [0.29, 0.717) is 11.3 Å². The summed E-state index contributed by atoms with van der Waals surface area (Å²) in [6.45, 7) is 0. The SMILES string of the molecule is CSc1nc(C(F)(F)F)c(C(=O)Nc2c(Br)cc(OC(F)(F)F)cc2Br)s1. The van der Waals surface area contributed by atoms with Crippen LogP contribution in [0.4, 0.5) is 32.0 Å². The van der Waals surface area contributed by atoms with E-state index in [2.05, 4.69) is 46.9 Å². The number of nitrogens with one attached hydrogen (secondary N) is 1. The number of hydrogen-bond acceptors (Lipinski definition) is 5. The summed E-state index contributed by atoms with van der Waals surface area (Å²) in [6, 6.07) is 1.83. The largest absolute Gasteiger partial charge is 0.573 e. The number of thiazole rings is 1. The van der Waals surface area contributed by atoms with Crippen molar-refractivity contribution >= 4 is 66.6 Å². The highest BCUT2D eigenvalue weighted by Crippen LogP contribution is 2.40. The monoisotopic (exact) mass is 558 g/mol. The quantitative estimate of drug-likeness (QED) is 0.340. The van der Waals surface area contributed by atoms with Crippen molar-refractivity contribution < 1.29 is 35.9 Å². The normalized spacial score (nSPS) is 12.2. The molecule has 0 bridgehead atoms. The lowest BCUT2D eigenvalue weighted by atomic mass is 10.2. The molecule has 1 N–H and O–H groups in total. The van der Waals surface area contributed by atoms with Gasteiger partial charge in [-0.05, 0) is 50.2 Å². The van der Waals surface area contributed by atoms with Gasteiger partial charge in [-0.2, -0.15) is 13.2 Å². The van der Waals surface area contributed by atoms with Crippen LogP contribution in [0.15, 0.2) is 25.4 Å². The molecule has 0 saturated carbocycles. The predicted octanol–water partition coefficient (Wildman–Crippen LogP) is 6.56. The molecule has 1 aromatic heterocycles. The van der Waals surface area contributed by atoms with Crippen LogP contribution in [0.5, 0.6) is 5.75 Å². The summed E-state index contributed by atoms with van der Waals surface area (Å²) in [6.07, 6.45) is -8.26. The molecular weight excluding hydrogens is 554 g/mol. The Morgan fingerprint density at radius 3 is 2.19 bits per heavy atom. The van der Waals surface area contributed by atoms with Crippen LogP contribution in [0, 0.1) is 0 Å². The van der Waals surface area contributed by atoms with Crippen LogP contribution in [-0.4, -0.2) is 23.5 Å². The number of amides is 1. The standard InChI is InChI=1S/C13H6Br2F6N2O2S2/c1-26-11-23-9(12(16,17)18)8(27-11)10(24)22-7-5(14)2-4(3-6(7)15)25-13(19,20)21/h2-3H,1H3,(H,22,24). The first-order valence-corrected chi connectivity index (χ1v) is 10.1. The number of benzene rings is 1. The molecule has 0 spiro atoms. The van der Waals surface area contributed by atoms with Gasteiger partial charge in [-0.15, -0.1) is 24.5 Å². The first kappa shape index (κ1) is 22.3. The number of nitrogens with zero attached hydrogens (tertiary/aromatic N) is 1. The van der Waals surface area contributed by atoms with Crippen molar-refractivity contribution in [2.75, 3.05) is 11.6 Å². The van der Waals surface area contributed by atoms with Gasteiger partial charge in [0.25, 0.3) is 5.91 Å². The second kappa shape index (κ2) is 8.17. The Labute approximate surface area is 172 Å². The van der Waals surface area contributed by atoms with Crippen molar-refractivity contribution in [3.63, 3.8) is 0 Å². The van der Waals surface area contributed by atoms with Gasteiger partial charge < -0.3 is 10.1 Å². The topological polar surface area (TPSA) is 51.2 Å². The van der Waals surface area contributed by atoms with Crippen LogP contribution in [-0.2, 0) is 6.18 Å². The van der Waals surface area contributed by atoms with Gasteiger partial charge in [0.15, 0.2) is 10.0 Å². The van der Waals surface area contributed by atoms with Gasteiger partial charge in [-0.25, -0.2) is 4.98 Å². The zero-order valence-corrected chi connectivity index (χ0v) is 17.6. The number of hydrogen-bond donors (Lipinski definition) is 1. The number of carbonyl (C=O) groups is 1. The first-order valence-electron chi connectivity index (χ1n) is 6.50. The third kappa shape index (κ3) is 5.74. The molecule has 0 unspecified atom stereocenters. The van der Waals surface area contributed by atoms with Gasteiger partial charge in [-0.3, -0.25) is 4.79 Å². The molecule has 14 heteroatoms. The number of alkyl halides is 6. The van der Waals surface area contributed by atoms with Crippen molar-refractivity contribution in [3.05, 3.63) is 31.6 Å². The van der Waals surface area contributed by atoms with Crippen LogP contribution in [0.2, 0.25) is 0 Å². The second-order valence-electron chi connectivity index (χ2n) is 4.62. The summed E-state index contributed by atoms with van der Waals surface area (Å²) in [5.41, 5.74) is -1.40. The highest BCUT2D eigenvalue weighted by molar-refractivity contribution is 9.11. The third-order valence-corrected chi connectivity index (χ3v) is 6.03. The van der Waals surface area contributed by atoms with E-state index < -0.39 is 34.8 Å². The van der Waals surface area contributed by atoms with Crippen molar-refractivity contribution in [1.29, 1.82) is 0 Å². The van der Waals surface area contributed by atoms with Gasteiger partial charge in [0.1, 0.15) is 10.6 Å². The highest BCUT2D eigenvalue weighted by atomic mass is 79.9. The summed E-state index contributed by atoms with van der Waals surface area (Å²) in [5, 5.41) is 2.23. The summed E-state index contributed by atoms with van der Waals surface area (Å²) < 4.78 is 79.8. The first-order chi connectivity index (χ1) is 12.3. The van der Waals surface area contributed by atoms with Crippen molar-refractivity contribution in [2.45, 2.75) is 16.9 Å². The minimum atomic E-state index is -4.93. The lowest BCUT2D eigenvalue weighted by Gasteiger charge is -2.14. The van der Waals surface area contributed by atoms with E-state index in [-0.39, 0.29) is 19.0 Å². The smallest absolute Gasteiger partial charge is 0.406 e. The molecule has 4 nitrogen and oxygen atoms in total. The van der Waals surface area contributed by atoms with E-state index in [1.54, 1.807) is 0 Å². The Morgan fingerprint density at radius 2 is 1.74 bits per heavy atom. The number of aromatic nitrogens is 1. The van der Waals surface area contributed by atoms with E-state index in [0.717, 1.165) is 23.9 Å². The molecule has 27 heavy (non-hydrogen) atoms. The molecule has 1 amide bonds. The summed E-state index contributed by atoms with van der Waals surface area (Å²) >= 11 is 7.40. The van der Waals surface area contributed by atoms with Gasteiger partial charge in [0.2, 0.25) is 0 Å². The highest BCUT2D eigenvalue weighted by Gasteiger charge is 2.40. The Morgan fingerprint density at radius 1 is 1.19 bits per heavy atom. The third-order valence-electron chi connectivity index (χ3n) is 2.74.